The minimum Gasteiger partial charge on any atom is -0.356 e. The molecule has 3 nitrogen and oxygen atoms in total. The van der Waals surface area contributed by atoms with E-state index in [9.17, 15) is 0 Å². The molecule has 0 aromatic heterocycles. The van der Waals surface area contributed by atoms with Crippen molar-refractivity contribution in [1.29, 1.82) is 0 Å². The predicted molar refractivity (Wildman–Crippen MR) is 118 cm³/mol. The summed E-state index contributed by atoms with van der Waals surface area (Å²) in [6, 6.07) is 21.6. The van der Waals surface area contributed by atoms with E-state index >= 15 is 0 Å². The summed E-state index contributed by atoms with van der Waals surface area (Å²) in [7, 11) is 0. The van der Waals surface area contributed by atoms with Crippen LogP contribution in [0.5, 0.6) is 0 Å². The van der Waals surface area contributed by atoms with Crippen LogP contribution in [-0.4, -0.2) is 25.6 Å². The first-order valence-corrected chi connectivity index (χ1v) is 10.1. The minimum atomic E-state index is 0. The Morgan fingerprint density at radius 1 is 0.815 bits per heavy atom. The van der Waals surface area contributed by atoms with Gasteiger partial charge in [0.25, 0.3) is 0 Å². The highest BCUT2D eigenvalue weighted by Gasteiger charge is 2.13. The van der Waals surface area contributed by atoms with Gasteiger partial charge in [0.1, 0.15) is 0 Å². The topological polar surface area (TPSA) is 36.4 Å². The van der Waals surface area contributed by atoms with Crippen LogP contribution in [0.15, 0.2) is 65.7 Å². The molecule has 0 aliphatic carbocycles. The SMILES string of the molecule is Cl.c1ccc(C(CCN/C2=N/CCCCCCCN2)c2ccccc2)cc1. The van der Waals surface area contributed by atoms with Crippen molar-refractivity contribution in [3.8, 4) is 0 Å². The quantitative estimate of drug-likeness (QED) is 0.748. The first-order chi connectivity index (χ1) is 12.9. The number of nitrogens with zero attached hydrogens (tertiary/aromatic N) is 1. The highest BCUT2D eigenvalue weighted by Crippen LogP contribution is 2.27. The second-order valence-corrected chi connectivity index (χ2v) is 7.01. The average molecular weight is 386 g/mol. The van der Waals surface area contributed by atoms with Crippen molar-refractivity contribution in [3.05, 3.63) is 71.8 Å². The van der Waals surface area contributed by atoms with Crippen LogP contribution in [0.2, 0.25) is 0 Å². The summed E-state index contributed by atoms with van der Waals surface area (Å²) in [4.78, 5) is 4.72. The van der Waals surface area contributed by atoms with Gasteiger partial charge in [-0.25, -0.2) is 0 Å². The number of halogens is 1. The summed E-state index contributed by atoms with van der Waals surface area (Å²) in [6.07, 6.45) is 7.45. The summed E-state index contributed by atoms with van der Waals surface area (Å²) in [5.74, 6) is 1.39. The second-order valence-electron chi connectivity index (χ2n) is 7.01. The number of benzene rings is 2. The van der Waals surface area contributed by atoms with E-state index < -0.39 is 0 Å². The van der Waals surface area contributed by atoms with E-state index in [1.54, 1.807) is 0 Å². The summed E-state index contributed by atoms with van der Waals surface area (Å²) in [5, 5.41) is 7.03. The Kier molecular flexibility index (Phi) is 9.78. The van der Waals surface area contributed by atoms with Crippen LogP contribution in [0.25, 0.3) is 0 Å². The lowest BCUT2D eigenvalue weighted by molar-refractivity contribution is 0.592. The fourth-order valence-corrected chi connectivity index (χ4v) is 3.57. The van der Waals surface area contributed by atoms with Gasteiger partial charge in [0.2, 0.25) is 0 Å². The fraction of sp³-hybridized carbons (Fsp3) is 0.435. The van der Waals surface area contributed by atoms with E-state index in [0.717, 1.165) is 32.0 Å². The molecule has 0 bridgehead atoms. The van der Waals surface area contributed by atoms with E-state index in [1.807, 2.05) is 0 Å². The molecule has 27 heavy (non-hydrogen) atoms. The maximum Gasteiger partial charge on any atom is 0.191 e. The second kappa shape index (κ2) is 12.4. The lowest BCUT2D eigenvalue weighted by atomic mass is 9.88. The molecule has 0 unspecified atom stereocenters. The summed E-state index contributed by atoms with van der Waals surface area (Å²) in [5.41, 5.74) is 2.75. The average Bonchev–Trinajstić information content (AvgIpc) is 2.71. The van der Waals surface area contributed by atoms with Crippen molar-refractivity contribution in [2.45, 2.75) is 44.4 Å². The lowest BCUT2D eigenvalue weighted by Crippen LogP contribution is -2.39. The van der Waals surface area contributed by atoms with Crippen LogP contribution < -0.4 is 10.6 Å². The van der Waals surface area contributed by atoms with Gasteiger partial charge in [-0.3, -0.25) is 4.99 Å². The van der Waals surface area contributed by atoms with Crippen LogP contribution in [0, 0.1) is 0 Å². The number of aliphatic imine (C=N–C) groups is 1. The highest BCUT2D eigenvalue weighted by atomic mass is 35.5. The summed E-state index contributed by atoms with van der Waals surface area (Å²) >= 11 is 0. The van der Waals surface area contributed by atoms with E-state index in [1.165, 1.54) is 43.2 Å². The van der Waals surface area contributed by atoms with Crippen LogP contribution in [0.1, 0.15) is 55.6 Å². The van der Waals surface area contributed by atoms with Crippen molar-refractivity contribution in [2.24, 2.45) is 4.99 Å². The van der Waals surface area contributed by atoms with Gasteiger partial charge in [-0.05, 0) is 30.4 Å². The zero-order valence-electron chi connectivity index (χ0n) is 16.1. The molecule has 146 valence electrons. The van der Waals surface area contributed by atoms with Crippen molar-refractivity contribution in [1.82, 2.24) is 10.6 Å². The van der Waals surface area contributed by atoms with Crippen molar-refractivity contribution < 1.29 is 0 Å². The normalized spacial score (nSPS) is 17.1. The molecular weight excluding hydrogens is 354 g/mol. The van der Waals surface area contributed by atoms with Crippen molar-refractivity contribution in [3.63, 3.8) is 0 Å². The maximum atomic E-state index is 4.72. The predicted octanol–water partition coefficient (Wildman–Crippen LogP) is 5.13. The van der Waals surface area contributed by atoms with Crippen LogP contribution >= 0.6 is 12.4 Å². The molecule has 2 aromatic rings. The zero-order chi connectivity index (χ0) is 17.9. The molecule has 0 saturated carbocycles. The lowest BCUT2D eigenvalue weighted by Gasteiger charge is -2.20. The molecule has 2 aromatic carbocycles. The molecule has 0 radical (unpaired) electrons. The molecule has 3 rings (SSSR count). The Hall–Kier alpha value is -2.00. The Morgan fingerprint density at radius 3 is 2.07 bits per heavy atom. The van der Waals surface area contributed by atoms with E-state index in [4.69, 9.17) is 4.99 Å². The third kappa shape index (κ3) is 7.26. The van der Waals surface area contributed by atoms with Crippen LogP contribution in [0.3, 0.4) is 0 Å². The largest absolute Gasteiger partial charge is 0.356 e. The van der Waals surface area contributed by atoms with Gasteiger partial charge in [-0.15, -0.1) is 12.4 Å². The zero-order valence-corrected chi connectivity index (χ0v) is 16.9. The monoisotopic (exact) mass is 385 g/mol. The Bertz CT molecular complexity index is 618. The van der Waals surface area contributed by atoms with Crippen molar-refractivity contribution in [2.75, 3.05) is 19.6 Å². The third-order valence-corrected chi connectivity index (χ3v) is 5.03. The molecule has 1 aliphatic rings. The molecule has 0 amide bonds. The first kappa shape index (κ1) is 21.3. The number of nitrogens with one attached hydrogen (secondary N) is 2. The third-order valence-electron chi connectivity index (χ3n) is 5.03. The highest BCUT2D eigenvalue weighted by molar-refractivity contribution is 5.85. The van der Waals surface area contributed by atoms with E-state index in [2.05, 4.69) is 71.3 Å². The number of hydrogen-bond donors (Lipinski definition) is 2. The van der Waals surface area contributed by atoms with E-state index in [0.29, 0.717) is 5.92 Å². The Labute approximate surface area is 170 Å². The fourth-order valence-electron chi connectivity index (χ4n) is 3.57. The van der Waals surface area contributed by atoms with Gasteiger partial charge in [-0.1, -0.05) is 79.9 Å². The minimum absolute atomic E-state index is 0. The molecule has 1 heterocycles. The first-order valence-electron chi connectivity index (χ1n) is 10.1. The van der Waals surface area contributed by atoms with Crippen LogP contribution in [0.4, 0.5) is 0 Å². The maximum absolute atomic E-state index is 4.72. The molecule has 0 fully saturated rings. The van der Waals surface area contributed by atoms with E-state index in [-0.39, 0.29) is 12.4 Å². The van der Waals surface area contributed by atoms with Gasteiger partial charge in [0, 0.05) is 25.6 Å². The molecule has 2 N–H and O–H groups in total. The standard InChI is InChI=1S/C23H31N3.ClH/c1-2-10-17-24-23(25-18-11-3-1)26-19-16-22(20-12-6-4-7-13-20)21-14-8-5-9-15-21;/h4-9,12-15,22H,1-3,10-11,16-19H2,(H2,24,25,26);1H. The molecule has 0 atom stereocenters. The molecule has 0 saturated heterocycles. The molecule has 4 heteroatoms. The molecular formula is C23H32ClN3. The van der Waals surface area contributed by atoms with Gasteiger partial charge < -0.3 is 10.6 Å². The van der Waals surface area contributed by atoms with Gasteiger partial charge in [0.15, 0.2) is 5.96 Å². The number of hydrogen-bond acceptors (Lipinski definition) is 3. The summed E-state index contributed by atoms with van der Waals surface area (Å²) < 4.78 is 0. The number of rotatable bonds is 5. The van der Waals surface area contributed by atoms with Gasteiger partial charge in [0.05, 0.1) is 0 Å². The van der Waals surface area contributed by atoms with Crippen molar-refractivity contribution >= 4 is 18.4 Å². The van der Waals surface area contributed by atoms with Gasteiger partial charge >= 0.3 is 0 Å². The molecule has 1 aliphatic heterocycles. The Morgan fingerprint density at radius 2 is 1.41 bits per heavy atom. The number of guanidine groups is 1. The molecule has 0 spiro atoms. The Balaban J connectivity index is 0.00000261. The smallest absolute Gasteiger partial charge is 0.191 e. The van der Waals surface area contributed by atoms with Gasteiger partial charge in [-0.2, -0.15) is 0 Å². The van der Waals surface area contributed by atoms with Crippen LogP contribution in [-0.2, 0) is 0 Å². The summed E-state index contributed by atoms with van der Waals surface area (Å²) in [6.45, 7) is 2.86.